The summed E-state index contributed by atoms with van der Waals surface area (Å²) in [7, 11) is 0. The van der Waals surface area contributed by atoms with Gasteiger partial charge in [0.1, 0.15) is 12.4 Å². The van der Waals surface area contributed by atoms with Crippen molar-refractivity contribution in [1.82, 2.24) is 35.3 Å². The first-order valence-electron chi connectivity index (χ1n) is 10.7. The van der Waals surface area contributed by atoms with E-state index in [0.717, 1.165) is 5.56 Å². The van der Waals surface area contributed by atoms with Crippen molar-refractivity contribution in [2.24, 2.45) is 0 Å². The molecule has 0 radical (unpaired) electrons. The molecule has 10 nitrogen and oxygen atoms in total. The molecule has 0 spiro atoms. The number of hydrogen-bond donors (Lipinski definition) is 1. The van der Waals surface area contributed by atoms with Gasteiger partial charge in [0, 0.05) is 23.9 Å². The molecule has 172 valence electrons. The zero-order valence-electron chi connectivity index (χ0n) is 19.6. The normalized spacial score (nSPS) is 11.8. The molecule has 0 aliphatic carbocycles. The van der Waals surface area contributed by atoms with E-state index < -0.39 is 0 Å². The van der Waals surface area contributed by atoms with Crippen LogP contribution in [0.4, 0.5) is 0 Å². The lowest BCUT2D eigenvalue weighted by molar-refractivity contribution is 0.0942. The molecule has 0 aliphatic heterocycles. The number of carbonyl (C=O) groups is 1. The van der Waals surface area contributed by atoms with Gasteiger partial charge in [-0.15, -0.1) is 15.3 Å². The Balaban J connectivity index is 1.62. The minimum absolute atomic E-state index is 0.0565. The van der Waals surface area contributed by atoms with Gasteiger partial charge in [0.25, 0.3) is 5.91 Å². The summed E-state index contributed by atoms with van der Waals surface area (Å²) >= 11 is 0. The second-order valence-corrected chi connectivity index (χ2v) is 9.18. The molecule has 4 rings (SSSR count). The van der Waals surface area contributed by atoms with Gasteiger partial charge in [-0.1, -0.05) is 25.9 Å². The van der Waals surface area contributed by atoms with Crippen molar-refractivity contribution in [3.05, 3.63) is 53.0 Å². The molecule has 0 bridgehead atoms. The number of rotatable bonds is 6. The van der Waals surface area contributed by atoms with Gasteiger partial charge in [0.05, 0.1) is 11.3 Å². The van der Waals surface area contributed by atoms with Gasteiger partial charge in [-0.05, 0) is 44.4 Å². The predicted octanol–water partition coefficient (Wildman–Crippen LogP) is 3.50. The summed E-state index contributed by atoms with van der Waals surface area (Å²) < 4.78 is 12.9. The van der Waals surface area contributed by atoms with Crippen LogP contribution in [0.5, 0.6) is 5.88 Å². The van der Waals surface area contributed by atoms with Crippen LogP contribution >= 0.6 is 0 Å². The Morgan fingerprint density at radius 3 is 2.61 bits per heavy atom. The number of pyridine rings is 1. The van der Waals surface area contributed by atoms with Gasteiger partial charge in [0.2, 0.25) is 11.7 Å². The van der Waals surface area contributed by atoms with Crippen LogP contribution in [0.15, 0.2) is 35.0 Å². The zero-order chi connectivity index (χ0) is 23.8. The Morgan fingerprint density at radius 2 is 2.00 bits per heavy atom. The summed E-state index contributed by atoms with van der Waals surface area (Å²) in [5.74, 6) is 1.42. The van der Waals surface area contributed by atoms with Crippen LogP contribution in [0.3, 0.4) is 0 Å². The average Bonchev–Trinajstić information content (AvgIpc) is 3.36. The summed E-state index contributed by atoms with van der Waals surface area (Å²) in [4.78, 5) is 16.5. The van der Waals surface area contributed by atoms with Crippen LogP contribution in [0.1, 0.15) is 62.0 Å². The average molecular weight is 450 g/mol. The second-order valence-electron chi connectivity index (χ2n) is 9.18. The van der Waals surface area contributed by atoms with Gasteiger partial charge in [-0.2, -0.15) is 4.52 Å². The minimum atomic E-state index is -0.243. The molecule has 1 amide bonds. The molecule has 0 atom stereocenters. The lowest BCUT2D eigenvalue weighted by Crippen LogP contribution is -2.30. The molecule has 4 aromatic heterocycles. The van der Waals surface area contributed by atoms with Gasteiger partial charge < -0.3 is 14.6 Å². The first kappa shape index (κ1) is 22.4. The highest BCUT2D eigenvalue weighted by atomic mass is 16.5. The van der Waals surface area contributed by atoms with E-state index in [1.165, 1.54) is 0 Å². The summed E-state index contributed by atoms with van der Waals surface area (Å²) in [6, 6.07) is 7.25. The lowest BCUT2D eigenvalue weighted by Gasteiger charge is -2.21. The SMILES string of the molecule is Cc1cc(-c2nnc3cc(C(C)(C)C)c(OCc4ccc(C(=O)NC(C)C)cn4)nn23)no1. The molecule has 0 unspecified atom stereocenters. The maximum Gasteiger partial charge on any atom is 0.253 e. The second kappa shape index (κ2) is 8.61. The van der Waals surface area contributed by atoms with Crippen LogP contribution < -0.4 is 10.1 Å². The number of amides is 1. The number of nitrogens with one attached hydrogen (secondary N) is 1. The fourth-order valence-corrected chi connectivity index (χ4v) is 3.22. The highest BCUT2D eigenvalue weighted by Gasteiger charge is 2.24. The van der Waals surface area contributed by atoms with Crippen molar-refractivity contribution in [3.8, 4) is 17.4 Å². The highest BCUT2D eigenvalue weighted by molar-refractivity contribution is 5.94. The molecule has 0 fully saturated rings. The first-order valence-corrected chi connectivity index (χ1v) is 10.7. The number of ether oxygens (including phenoxy) is 1. The van der Waals surface area contributed by atoms with E-state index in [-0.39, 0.29) is 24.0 Å². The largest absolute Gasteiger partial charge is 0.470 e. The molecule has 4 heterocycles. The Bertz CT molecular complexity index is 1280. The lowest BCUT2D eigenvalue weighted by atomic mass is 9.88. The zero-order valence-corrected chi connectivity index (χ0v) is 19.6. The summed E-state index contributed by atoms with van der Waals surface area (Å²) in [5.41, 5.74) is 2.94. The van der Waals surface area contributed by atoms with Crippen molar-refractivity contribution in [1.29, 1.82) is 0 Å². The van der Waals surface area contributed by atoms with Crippen molar-refractivity contribution in [2.75, 3.05) is 0 Å². The third-order valence-corrected chi connectivity index (χ3v) is 4.89. The van der Waals surface area contributed by atoms with Crippen molar-refractivity contribution in [3.63, 3.8) is 0 Å². The van der Waals surface area contributed by atoms with E-state index in [4.69, 9.17) is 9.26 Å². The number of aryl methyl sites for hydroxylation is 1. The van der Waals surface area contributed by atoms with Crippen molar-refractivity contribution in [2.45, 2.75) is 59.6 Å². The predicted molar refractivity (Wildman–Crippen MR) is 121 cm³/mol. The molecular weight excluding hydrogens is 422 g/mol. The van der Waals surface area contributed by atoms with Gasteiger partial charge in [0.15, 0.2) is 11.3 Å². The van der Waals surface area contributed by atoms with Gasteiger partial charge >= 0.3 is 0 Å². The standard InChI is InChI=1S/C23H27N7O3/c1-13(2)25-21(31)15-7-8-16(24-11-15)12-32-22-17(23(4,5)6)10-19-26-27-20(30(19)28-22)18-9-14(3)33-29-18/h7-11,13H,12H2,1-6H3,(H,25,31). The third-order valence-electron chi connectivity index (χ3n) is 4.89. The molecule has 0 saturated carbocycles. The minimum Gasteiger partial charge on any atom is -0.470 e. The Kier molecular flexibility index (Phi) is 5.84. The molecule has 4 aromatic rings. The topological polar surface area (TPSA) is 120 Å². The number of fused-ring (bicyclic) bond motifs is 1. The fourth-order valence-electron chi connectivity index (χ4n) is 3.22. The summed E-state index contributed by atoms with van der Waals surface area (Å²) in [6.07, 6.45) is 1.54. The van der Waals surface area contributed by atoms with Crippen LogP contribution in [0.25, 0.3) is 17.2 Å². The molecule has 33 heavy (non-hydrogen) atoms. The Hall–Kier alpha value is -3.82. The quantitative estimate of drug-likeness (QED) is 0.475. The number of aromatic nitrogens is 6. The van der Waals surface area contributed by atoms with Crippen LogP contribution in [0.2, 0.25) is 0 Å². The van der Waals surface area contributed by atoms with E-state index in [1.807, 2.05) is 26.8 Å². The van der Waals surface area contributed by atoms with Gasteiger partial charge in [-0.3, -0.25) is 9.78 Å². The third kappa shape index (κ3) is 4.84. The maximum absolute atomic E-state index is 12.1. The van der Waals surface area contributed by atoms with E-state index in [9.17, 15) is 4.79 Å². The van der Waals surface area contributed by atoms with Crippen LogP contribution in [0, 0.1) is 6.92 Å². The molecule has 1 N–H and O–H groups in total. The number of nitrogens with zero attached hydrogens (tertiary/aromatic N) is 6. The van der Waals surface area contributed by atoms with Crippen LogP contribution in [-0.4, -0.2) is 41.9 Å². The highest BCUT2D eigenvalue weighted by Crippen LogP contribution is 2.32. The fraction of sp³-hybridized carbons (Fsp3) is 0.391. The van der Waals surface area contributed by atoms with E-state index in [0.29, 0.717) is 40.1 Å². The molecular formula is C23H27N7O3. The number of hydrogen-bond acceptors (Lipinski definition) is 8. The molecule has 0 aliphatic rings. The summed E-state index contributed by atoms with van der Waals surface area (Å²) in [5, 5.41) is 20.0. The monoisotopic (exact) mass is 449 g/mol. The Morgan fingerprint density at radius 1 is 1.21 bits per heavy atom. The van der Waals surface area contributed by atoms with Crippen LogP contribution in [-0.2, 0) is 12.0 Å². The Labute approximate surface area is 191 Å². The smallest absolute Gasteiger partial charge is 0.253 e. The van der Waals surface area contributed by atoms with E-state index >= 15 is 0 Å². The van der Waals surface area contributed by atoms with Crippen molar-refractivity contribution >= 4 is 11.6 Å². The summed E-state index contributed by atoms with van der Waals surface area (Å²) in [6.45, 7) is 12.0. The van der Waals surface area contributed by atoms with Crippen molar-refractivity contribution < 1.29 is 14.1 Å². The molecule has 0 aromatic carbocycles. The van der Waals surface area contributed by atoms with E-state index in [2.05, 4.69) is 51.5 Å². The van der Waals surface area contributed by atoms with E-state index in [1.54, 1.807) is 28.9 Å². The van der Waals surface area contributed by atoms with Gasteiger partial charge in [-0.25, -0.2) is 0 Å². The molecule has 0 saturated heterocycles. The number of carbonyl (C=O) groups excluding carboxylic acids is 1. The molecule has 10 heteroatoms. The first-order chi connectivity index (χ1) is 15.6. The maximum atomic E-state index is 12.1.